The Hall–Kier alpha value is -1.95. The van der Waals surface area contributed by atoms with Gasteiger partial charge in [-0.05, 0) is 50.2 Å². The van der Waals surface area contributed by atoms with Gasteiger partial charge >= 0.3 is 0 Å². The predicted molar refractivity (Wildman–Crippen MR) is 115 cm³/mol. The second-order valence-corrected chi connectivity index (χ2v) is 8.42. The lowest BCUT2D eigenvalue weighted by atomic mass is 10.2. The van der Waals surface area contributed by atoms with Gasteiger partial charge in [0.15, 0.2) is 5.96 Å². The molecule has 1 aromatic carbocycles. The van der Waals surface area contributed by atoms with Crippen molar-refractivity contribution in [3.63, 3.8) is 0 Å². The van der Waals surface area contributed by atoms with Gasteiger partial charge in [0.1, 0.15) is 5.75 Å². The van der Waals surface area contributed by atoms with Crippen molar-refractivity contribution in [3.05, 3.63) is 24.3 Å². The SMILES string of the molecule is CN=C(NCCN(CC1CC1)C1CC1)NC1CCN(c2ccccc2OC)C1. The van der Waals surface area contributed by atoms with Gasteiger partial charge in [0, 0.05) is 51.9 Å². The Labute approximate surface area is 169 Å². The molecule has 0 radical (unpaired) electrons. The number of guanidine groups is 1. The molecule has 28 heavy (non-hydrogen) atoms. The molecule has 1 unspecified atom stereocenters. The van der Waals surface area contributed by atoms with Crippen molar-refractivity contribution in [1.82, 2.24) is 15.5 Å². The summed E-state index contributed by atoms with van der Waals surface area (Å²) in [4.78, 5) is 9.53. The monoisotopic (exact) mass is 385 g/mol. The lowest BCUT2D eigenvalue weighted by Crippen LogP contribution is -2.47. The number of para-hydroxylation sites is 2. The van der Waals surface area contributed by atoms with Gasteiger partial charge in [-0.15, -0.1) is 0 Å². The quantitative estimate of drug-likeness (QED) is 0.505. The second-order valence-electron chi connectivity index (χ2n) is 8.42. The molecule has 6 heteroatoms. The summed E-state index contributed by atoms with van der Waals surface area (Å²) in [5.41, 5.74) is 1.18. The number of anilines is 1. The largest absolute Gasteiger partial charge is 0.495 e. The second kappa shape index (κ2) is 9.03. The zero-order valence-electron chi connectivity index (χ0n) is 17.4. The van der Waals surface area contributed by atoms with Gasteiger partial charge in [0.2, 0.25) is 0 Å². The van der Waals surface area contributed by atoms with Gasteiger partial charge in [0.25, 0.3) is 0 Å². The molecule has 2 aliphatic carbocycles. The molecule has 1 atom stereocenters. The average molecular weight is 386 g/mol. The molecule has 1 heterocycles. The number of nitrogens with one attached hydrogen (secondary N) is 2. The molecule has 2 N–H and O–H groups in total. The molecule has 0 spiro atoms. The summed E-state index contributed by atoms with van der Waals surface area (Å²) in [6, 6.07) is 9.52. The van der Waals surface area contributed by atoms with E-state index in [-0.39, 0.29) is 0 Å². The van der Waals surface area contributed by atoms with Crippen LogP contribution in [0.15, 0.2) is 29.3 Å². The van der Waals surface area contributed by atoms with E-state index in [0.29, 0.717) is 6.04 Å². The van der Waals surface area contributed by atoms with E-state index in [1.165, 1.54) is 37.9 Å². The molecule has 3 fully saturated rings. The topological polar surface area (TPSA) is 52.1 Å². The van der Waals surface area contributed by atoms with Crippen LogP contribution in [0.1, 0.15) is 32.1 Å². The Morgan fingerprint density at radius 1 is 1.21 bits per heavy atom. The van der Waals surface area contributed by atoms with E-state index in [4.69, 9.17) is 4.74 Å². The van der Waals surface area contributed by atoms with E-state index in [0.717, 1.165) is 56.3 Å². The van der Waals surface area contributed by atoms with Gasteiger partial charge in [-0.25, -0.2) is 0 Å². The van der Waals surface area contributed by atoms with Crippen LogP contribution in [0.5, 0.6) is 5.75 Å². The van der Waals surface area contributed by atoms with Gasteiger partial charge < -0.3 is 20.3 Å². The average Bonchev–Trinajstić information content (AvgIpc) is 3.65. The number of nitrogens with zero attached hydrogens (tertiary/aromatic N) is 3. The maximum absolute atomic E-state index is 5.52. The molecule has 0 amide bonds. The van der Waals surface area contributed by atoms with Crippen LogP contribution in [0, 0.1) is 5.92 Å². The van der Waals surface area contributed by atoms with Crippen LogP contribution in [-0.2, 0) is 0 Å². The highest BCUT2D eigenvalue weighted by Crippen LogP contribution is 2.34. The molecular weight excluding hydrogens is 350 g/mol. The van der Waals surface area contributed by atoms with E-state index in [1.807, 2.05) is 19.2 Å². The van der Waals surface area contributed by atoms with Crippen molar-refractivity contribution in [2.24, 2.45) is 10.9 Å². The Balaban J connectivity index is 1.22. The molecular formula is C22H35N5O. The van der Waals surface area contributed by atoms with Crippen LogP contribution >= 0.6 is 0 Å². The Morgan fingerprint density at radius 3 is 2.75 bits per heavy atom. The van der Waals surface area contributed by atoms with Gasteiger partial charge in [0.05, 0.1) is 12.8 Å². The first-order valence-electron chi connectivity index (χ1n) is 10.9. The molecule has 1 aliphatic heterocycles. The maximum Gasteiger partial charge on any atom is 0.191 e. The minimum atomic E-state index is 0.405. The number of hydrogen-bond donors (Lipinski definition) is 2. The van der Waals surface area contributed by atoms with Crippen molar-refractivity contribution in [1.29, 1.82) is 0 Å². The molecule has 3 aliphatic rings. The highest BCUT2D eigenvalue weighted by molar-refractivity contribution is 5.80. The highest BCUT2D eigenvalue weighted by atomic mass is 16.5. The number of ether oxygens (including phenoxy) is 1. The van der Waals surface area contributed by atoms with Crippen molar-refractivity contribution in [2.45, 2.75) is 44.2 Å². The number of hydrogen-bond acceptors (Lipinski definition) is 4. The summed E-state index contributed by atoms with van der Waals surface area (Å²) in [7, 11) is 3.61. The number of benzene rings is 1. The smallest absolute Gasteiger partial charge is 0.191 e. The van der Waals surface area contributed by atoms with Crippen molar-refractivity contribution in [2.75, 3.05) is 51.8 Å². The molecule has 1 saturated heterocycles. The lowest BCUT2D eigenvalue weighted by molar-refractivity contribution is 0.256. The first-order valence-corrected chi connectivity index (χ1v) is 10.9. The Kier molecular flexibility index (Phi) is 6.25. The third kappa shape index (κ3) is 5.10. The molecule has 2 saturated carbocycles. The summed E-state index contributed by atoms with van der Waals surface area (Å²) in [6.07, 6.45) is 6.75. The third-order valence-corrected chi connectivity index (χ3v) is 6.12. The van der Waals surface area contributed by atoms with Crippen LogP contribution in [0.4, 0.5) is 5.69 Å². The van der Waals surface area contributed by atoms with Gasteiger partial charge in [-0.2, -0.15) is 0 Å². The maximum atomic E-state index is 5.52. The first-order chi connectivity index (χ1) is 13.8. The van der Waals surface area contributed by atoms with Crippen LogP contribution in [-0.4, -0.2) is 69.8 Å². The lowest BCUT2D eigenvalue weighted by Gasteiger charge is -2.24. The standard InChI is InChI=1S/C22H35N5O/c1-23-22(24-12-14-26(19-9-10-19)15-17-7-8-17)25-18-11-13-27(16-18)20-5-3-4-6-21(20)28-2/h3-6,17-19H,7-16H2,1-2H3,(H2,23,24,25). The zero-order valence-corrected chi connectivity index (χ0v) is 17.4. The Morgan fingerprint density at radius 2 is 2.04 bits per heavy atom. The van der Waals surface area contributed by atoms with Crippen molar-refractivity contribution >= 4 is 11.6 Å². The molecule has 1 aromatic rings. The summed E-state index contributed by atoms with van der Waals surface area (Å²) in [5, 5.41) is 7.15. The third-order valence-electron chi connectivity index (χ3n) is 6.12. The van der Waals surface area contributed by atoms with Crippen LogP contribution < -0.4 is 20.3 Å². The minimum Gasteiger partial charge on any atom is -0.495 e. The molecule has 0 aromatic heterocycles. The highest BCUT2D eigenvalue weighted by Gasteiger charge is 2.33. The predicted octanol–water partition coefficient (Wildman–Crippen LogP) is 2.31. The summed E-state index contributed by atoms with van der Waals surface area (Å²) < 4.78 is 5.52. The van der Waals surface area contributed by atoms with Gasteiger partial charge in [-0.3, -0.25) is 9.89 Å². The minimum absolute atomic E-state index is 0.405. The van der Waals surface area contributed by atoms with Crippen LogP contribution in [0.25, 0.3) is 0 Å². The number of methoxy groups -OCH3 is 1. The normalized spacial score (nSPS) is 22.6. The fraction of sp³-hybridized carbons (Fsp3) is 0.682. The number of rotatable bonds is 9. The molecule has 154 valence electrons. The van der Waals surface area contributed by atoms with E-state index in [2.05, 4.69) is 37.6 Å². The van der Waals surface area contributed by atoms with Crippen LogP contribution in [0.2, 0.25) is 0 Å². The summed E-state index contributed by atoms with van der Waals surface area (Å²) >= 11 is 0. The first kappa shape index (κ1) is 19.4. The van der Waals surface area contributed by atoms with Gasteiger partial charge in [-0.1, -0.05) is 12.1 Å². The van der Waals surface area contributed by atoms with Crippen molar-refractivity contribution in [3.8, 4) is 5.75 Å². The fourth-order valence-electron chi connectivity index (χ4n) is 4.19. The molecule has 4 rings (SSSR count). The fourth-order valence-corrected chi connectivity index (χ4v) is 4.19. The Bertz CT molecular complexity index is 671. The summed E-state index contributed by atoms with van der Waals surface area (Å²) in [5.74, 6) is 2.84. The van der Waals surface area contributed by atoms with Crippen molar-refractivity contribution < 1.29 is 4.74 Å². The van der Waals surface area contributed by atoms with E-state index in [1.54, 1.807) is 7.11 Å². The zero-order chi connectivity index (χ0) is 19.3. The summed E-state index contributed by atoms with van der Waals surface area (Å²) in [6.45, 7) is 5.39. The van der Waals surface area contributed by atoms with E-state index in [9.17, 15) is 0 Å². The van der Waals surface area contributed by atoms with Crippen LogP contribution in [0.3, 0.4) is 0 Å². The molecule has 6 nitrogen and oxygen atoms in total. The van der Waals surface area contributed by atoms with E-state index < -0.39 is 0 Å². The number of aliphatic imine (C=N–C) groups is 1. The van der Waals surface area contributed by atoms with E-state index >= 15 is 0 Å². The molecule has 0 bridgehead atoms.